The van der Waals surface area contributed by atoms with E-state index in [1.54, 1.807) is 0 Å². The highest BCUT2D eigenvalue weighted by Crippen LogP contribution is 2.01. The molecule has 0 aliphatic rings. The molecule has 17 heavy (non-hydrogen) atoms. The van der Waals surface area contributed by atoms with E-state index in [0.29, 0.717) is 13.2 Å². The topological polar surface area (TPSA) is 82.4 Å². The minimum Gasteiger partial charge on any atom is -0.383 e. The van der Waals surface area contributed by atoms with Gasteiger partial charge in [-0.3, -0.25) is 0 Å². The van der Waals surface area contributed by atoms with E-state index in [-0.39, 0.29) is 25.4 Å². The minimum absolute atomic E-state index is 0.173. The van der Waals surface area contributed by atoms with Gasteiger partial charge in [0.15, 0.2) is 0 Å². The maximum absolute atomic E-state index is 11.9. The third-order valence-corrected chi connectivity index (χ3v) is 3.61. The number of hydrogen-bond donors (Lipinski definition) is 1. The molecule has 0 saturated carbocycles. The van der Waals surface area contributed by atoms with Gasteiger partial charge in [-0.15, -0.1) is 0 Å². The summed E-state index contributed by atoms with van der Waals surface area (Å²) >= 11 is 0. The van der Waals surface area contributed by atoms with Crippen LogP contribution >= 0.6 is 0 Å². The Labute approximate surface area is 104 Å². The first-order valence-corrected chi connectivity index (χ1v) is 6.98. The summed E-state index contributed by atoms with van der Waals surface area (Å²) in [5, 5.41) is 8.50. The summed E-state index contributed by atoms with van der Waals surface area (Å²) in [4.78, 5) is 0. The van der Waals surface area contributed by atoms with Crippen LogP contribution in [-0.2, 0) is 14.9 Å². The van der Waals surface area contributed by atoms with Crippen LogP contribution in [0.3, 0.4) is 0 Å². The maximum Gasteiger partial charge on any atom is 0.279 e. The van der Waals surface area contributed by atoms with E-state index < -0.39 is 10.2 Å². The van der Waals surface area contributed by atoms with Crippen LogP contribution in [-0.4, -0.2) is 46.1 Å². The quantitative estimate of drug-likeness (QED) is 0.650. The van der Waals surface area contributed by atoms with Gasteiger partial charge in [-0.2, -0.15) is 18.0 Å². The molecule has 0 spiro atoms. The van der Waals surface area contributed by atoms with Gasteiger partial charge in [-0.25, -0.2) is 4.72 Å². The molecule has 0 saturated heterocycles. The van der Waals surface area contributed by atoms with Crippen LogP contribution in [0.4, 0.5) is 0 Å². The number of ether oxygens (including phenoxy) is 1. The summed E-state index contributed by atoms with van der Waals surface area (Å²) in [5.74, 6) is 0.241. The van der Waals surface area contributed by atoms with E-state index in [4.69, 9.17) is 10.00 Å². The van der Waals surface area contributed by atoms with E-state index >= 15 is 0 Å². The molecular formula is C10H21N3O3S. The van der Waals surface area contributed by atoms with Crippen LogP contribution in [0, 0.1) is 17.2 Å². The predicted molar refractivity (Wildman–Crippen MR) is 65.4 cm³/mol. The molecule has 0 atom stereocenters. The molecule has 0 aromatic rings. The normalized spacial score (nSPS) is 12.0. The zero-order valence-electron chi connectivity index (χ0n) is 10.6. The minimum atomic E-state index is -3.51. The lowest BCUT2D eigenvalue weighted by Crippen LogP contribution is -2.43. The Hall–Kier alpha value is -0.680. The summed E-state index contributed by atoms with van der Waals surface area (Å²) in [5.41, 5.74) is 0. The molecule has 7 heteroatoms. The highest BCUT2D eigenvalue weighted by Gasteiger charge is 2.20. The molecule has 0 aromatic carbocycles. The van der Waals surface area contributed by atoms with Gasteiger partial charge in [0, 0.05) is 33.2 Å². The van der Waals surface area contributed by atoms with Crippen molar-refractivity contribution in [1.29, 1.82) is 5.26 Å². The van der Waals surface area contributed by atoms with E-state index in [2.05, 4.69) is 4.72 Å². The van der Waals surface area contributed by atoms with Crippen LogP contribution in [0.1, 0.15) is 20.3 Å². The molecule has 0 rings (SSSR count). The molecular weight excluding hydrogens is 242 g/mol. The highest BCUT2D eigenvalue weighted by molar-refractivity contribution is 7.87. The SMILES string of the molecule is COCCN(CCC#N)S(=O)(=O)NCC(C)C. The Bertz CT molecular complexity index is 335. The molecule has 0 fully saturated rings. The molecule has 0 bridgehead atoms. The van der Waals surface area contributed by atoms with Gasteiger partial charge >= 0.3 is 0 Å². The monoisotopic (exact) mass is 263 g/mol. The average Bonchev–Trinajstić information content (AvgIpc) is 2.26. The first kappa shape index (κ1) is 16.3. The van der Waals surface area contributed by atoms with Gasteiger partial charge in [0.1, 0.15) is 0 Å². The number of methoxy groups -OCH3 is 1. The second-order valence-corrected chi connectivity index (χ2v) is 5.80. The summed E-state index contributed by atoms with van der Waals surface area (Å²) in [7, 11) is -2.00. The van der Waals surface area contributed by atoms with Crippen molar-refractivity contribution < 1.29 is 13.2 Å². The molecule has 0 amide bonds. The van der Waals surface area contributed by atoms with E-state index in [9.17, 15) is 8.42 Å². The number of nitrogens with zero attached hydrogens (tertiary/aromatic N) is 2. The fourth-order valence-corrected chi connectivity index (χ4v) is 2.46. The van der Waals surface area contributed by atoms with Crippen molar-refractivity contribution in [2.24, 2.45) is 5.92 Å². The largest absolute Gasteiger partial charge is 0.383 e. The predicted octanol–water partition coefficient (Wildman–Crippen LogP) is 0.339. The first-order chi connectivity index (χ1) is 7.94. The Balaban J connectivity index is 4.47. The Morgan fingerprint density at radius 1 is 1.41 bits per heavy atom. The zero-order valence-corrected chi connectivity index (χ0v) is 11.5. The lowest BCUT2D eigenvalue weighted by atomic mass is 10.2. The number of nitrogens with one attached hydrogen (secondary N) is 1. The molecule has 0 unspecified atom stereocenters. The molecule has 0 aliphatic carbocycles. The lowest BCUT2D eigenvalue weighted by Gasteiger charge is -2.21. The van der Waals surface area contributed by atoms with Gasteiger partial charge in [0.25, 0.3) is 10.2 Å². The average molecular weight is 263 g/mol. The Morgan fingerprint density at radius 2 is 2.06 bits per heavy atom. The van der Waals surface area contributed by atoms with E-state index in [1.165, 1.54) is 11.4 Å². The van der Waals surface area contributed by atoms with Crippen molar-refractivity contribution in [2.75, 3.05) is 33.4 Å². The second kappa shape index (κ2) is 8.42. The van der Waals surface area contributed by atoms with Crippen molar-refractivity contribution in [3.8, 4) is 6.07 Å². The van der Waals surface area contributed by atoms with Crippen LogP contribution in [0.2, 0.25) is 0 Å². The molecule has 0 aliphatic heterocycles. The molecule has 1 N–H and O–H groups in total. The highest BCUT2D eigenvalue weighted by atomic mass is 32.2. The first-order valence-electron chi connectivity index (χ1n) is 5.54. The molecule has 0 heterocycles. The zero-order chi connectivity index (χ0) is 13.3. The molecule has 0 radical (unpaired) electrons. The van der Waals surface area contributed by atoms with Crippen molar-refractivity contribution in [3.05, 3.63) is 0 Å². The summed E-state index contributed by atoms with van der Waals surface area (Å²) in [6, 6.07) is 1.94. The summed E-state index contributed by atoms with van der Waals surface area (Å²) in [6.07, 6.45) is 0.173. The summed E-state index contributed by atoms with van der Waals surface area (Å²) in [6.45, 7) is 5.00. The molecule has 100 valence electrons. The smallest absolute Gasteiger partial charge is 0.279 e. The Kier molecular flexibility index (Phi) is 8.08. The van der Waals surface area contributed by atoms with E-state index in [1.807, 2.05) is 19.9 Å². The fraction of sp³-hybridized carbons (Fsp3) is 0.900. The van der Waals surface area contributed by atoms with Crippen LogP contribution in [0.15, 0.2) is 0 Å². The fourth-order valence-electron chi connectivity index (χ4n) is 1.08. The molecule has 0 aromatic heterocycles. The lowest BCUT2D eigenvalue weighted by molar-refractivity contribution is 0.179. The third-order valence-electron chi connectivity index (χ3n) is 2.03. The second-order valence-electron chi connectivity index (χ2n) is 4.05. The standard InChI is InChI=1S/C10H21N3O3S/c1-10(2)9-12-17(14,15)13(6-4-5-11)7-8-16-3/h10,12H,4,6-9H2,1-3H3. The van der Waals surface area contributed by atoms with Crippen LogP contribution < -0.4 is 4.72 Å². The number of hydrogen-bond acceptors (Lipinski definition) is 4. The third kappa shape index (κ3) is 7.28. The Morgan fingerprint density at radius 3 is 2.53 bits per heavy atom. The maximum atomic E-state index is 11.9. The number of nitriles is 1. The van der Waals surface area contributed by atoms with Crippen molar-refractivity contribution in [1.82, 2.24) is 9.03 Å². The van der Waals surface area contributed by atoms with Crippen LogP contribution in [0.25, 0.3) is 0 Å². The molecule has 6 nitrogen and oxygen atoms in total. The van der Waals surface area contributed by atoms with Gasteiger partial charge in [-0.05, 0) is 5.92 Å². The summed E-state index contributed by atoms with van der Waals surface area (Å²) < 4.78 is 32.4. The van der Waals surface area contributed by atoms with E-state index in [0.717, 1.165) is 0 Å². The van der Waals surface area contributed by atoms with Gasteiger partial charge in [-0.1, -0.05) is 13.8 Å². The van der Waals surface area contributed by atoms with Gasteiger partial charge in [0.2, 0.25) is 0 Å². The van der Waals surface area contributed by atoms with Crippen molar-refractivity contribution in [2.45, 2.75) is 20.3 Å². The van der Waals surface area contributed by atoms with Crippen molar-refractivity contribution >= 4 is 10.2 Å². The van der Waals surface area contributed by atoms with Gasteiger partial charge < -0.3 is 4.74 Å². The van der Waals surface area contributed by atoms with Crippen molar-refractivity contribution in [3.63, 3.8) is 0 Å². The van der Waals surface area contributed by atoms with Crippen LogP contribution in [0.5, 0.6) is 0 Å². The van der Waals surface area contributed by atoms with Gasteiger partial charge in [0.05, 0.1) is 12.7 Å². The number of rotatable bonds is 9.